The summed E-state index contributed by atoms with van der Waals surface area (Å²) >= 11 is 8.99. The van der Waals surface area contributed by atoms with Gasteiger partial charge in [-0.1, -0.05) is 224 Å². The molecule has 0 saturated carbocycles. The first-order chi connectivity index (χ1) is 20.8. The molecule has 0 aliphatic heterocycles. The van der Waals surface area contributed by atoms with Gasteiger partial charge in [0.1, 0.15) is 4.32 Å². The van der Waals surface area contributed by atoms with Crippen LogP contribution in [0.5, 0.6) is 0 Å². The van der Waals surface area contributed by atoms with Crippen LogP contribution in [-0.4, -0.2) is 22.6 Å². The summed E-state index contributed by atoms with van der Waals surface area (Å²) in [6.45, 7) is 1.36. The third-order valence-electron chi connectivity index (χ3n) is 9.11. The second-order valence-corrected chi connectivity index (χ2v) is 14.5. The molecule has 0 radical (unpaired) electrons. The molecule has 0 fully saturated rings. The van der Waals surface area contributed by atoms with E-state index in [0.29, 0.717) is 10.9 Å². The molecule has 42 heavy (non-hydrogen) atoms. The Kier molecular flexibility index (Phi) is 39.4. The van der Waals surface area contributed by atoms with Crippen LogP contribution in [0.3, 0.4) is 0 Å². The van der Waals surface area contributed by atoms with E-state index < -0.39 is 0 Å². The Balaban J connectivity index is 3.03. The second-order valence-electron chi connectivity index (χ2n) is 13.3. The van der Waals surface area contributed by atoms with Gasteiger partial charge in [-0.2, -0.15) is 0 Å². The summed E-state index contributed by atoms with van der Waals surface area (Å²) in [5.74, 6) is 0. The lowest BCUT2D eigenvalue weighted by molar-refractivity contribution is 0.282. The Morgan fingerprint density at radius 3 is 0.667 bits per heavy atom. The molecule has 0 aliphatic rings. The molecule has 0 bridgehead atoms. The fraction of sp³-hybridized carbons (Fsp3) is 0.974. The lowest BCUT2D eigenvalue weighted by atomic mass is 10.0. The van der Waals surface area contributed by atoms with Crippen molar-refractivity contribution in [3.05, 3.63) is 0 Å². The first-order valence-electron chi connectivity index (χ1n) is 19.3. The molecule has 4 heteroatoms. The maximum Gasteiger partial charge on any atom is 0.130 e. The standard InChI is InChI=1S/C38H77NOS2/c40-37-35-33-31-29-27-25-23-21-19-17-15-13-11-9-7-5-3-1-2-4-6-8-10-12-14-16-18-20-22-24-26-28-30-32-34-36-39-38(41)42/h40H,1-37H2,(H2,39,41,42). The number of hydrogen-bond acceptors (Lipinski definition) is 2. The summed E-state index contributed by atoms with van der Waals surface area (Å²) in [7, 11) is 0. The van der Waals surface area contributed by atoms with Gasteiger partial charge in [0.2, 0.25) is 0 Å². The molecule has 0 aromatic carbocycles. The van der Waals surface area contributed by atoms with E-state index in [4.69, 9.17) is 17.3 Å². The van der Waals surface area contributed by atoms with Crippen LogP contribution in [0.2, 0.25) is 0 Å². The van der Waals surface area contributed by atoms with Crippen molar-refractivity contribution in [1.82, 2.24) is 5.32 Å². The van der Waals surface area contributed by atoms with Crippen LogP contribution < -0.4 is 5.32 Å². The monoisotopic (exact) mass is 628 g/mol. The van der Waals surface area contributed by atoms with Gasteiger partial charge in [-0.25, -0.2) is 0 Å². The van der Waals surface area contributed by atoms with Crippen LogP contribution in [0, 0.1) is 0 Å². The number of rotatable bonds is 37. The topological polar surface area (TPSA) is 32.3 Å². The summed E-state index contributed by atoms with van der Waals surface area (Å²) in [5.41, 5.74) is 0. The first-order valence-corrected chi connectivity index (χ1v) is 20.2. The summed E-state index contributed by atoms with van der Waals surface area (Å²) < 4.78 is 0.628. The molecule has 0 spiro atoms. The van der Waals surface area contributed by atoms with Crippen molar-refractivity contribution in [2.75, 3.05) is 13.2 Å². The number of nitrogens with one attached hydrogen (secondary N) is 1. The number of thiol groups is 1. The average Bonchev–Trinajstić information content (AvgIpc) is 2.98. The largest absolute Gasteiger partial charge is 0.396 e. The highest BCUT2D eigenvalue weighted by molar-refractivity contribution is 8.11. The molecule has 0 aromatic rings. The van der Waals surface area contributed by atoms with Crippen LogP contribution in [0.15, 0.2) is 0 Å². The zero-order valence-corrected chi connectivity index (χ0v) is 30.2. The maximum atomic E-state index is 8.79. The predicted molar refractivity (Wildman–Crippen MR) is 198 cm³/mol. The molecule has 0 rings (SSSR count). The van der Waals surface area contributed by atoms with Crippen molar-refractivity contribution in [3.63, 3.8) is 0 Å². The molecule has 2 nitrogen and oxygen atoms in total. The lowest BCUT2D eigenvalue weighted by Crippen LogP contribution is -2.17. The SMILES string of the molecule is OCCCCCCCCCCCCCCCCCCCCCCCCCCCCCCCCCCCCCNC(=S)S. The van der Waals surface area contributed by atoms with Gasteiger partial charge in [-0.15, -0.1) is 12.6 Å². The van der Waals surface area contributed by atoms with Crippen molar-refractivity contribution < 1.29 is 5.11 Å². The number of unbranched alkanes of at least 4 members (excludes halogenated alkanes) is 34. The minimum absolute atomic E-state index is 0.372. The summed E-state index contributed by atoms with van der Waals surface area (Å²) in [5, 5.41) is 11.9. The predicted octanol–water partition coefficient (Wildman–Crippen LogP) is 13.4. The molecule has 0 amide bonds. The zero-order valence-electron chi connectivity index (χ0n) is 28.5. The van der Waals surface area contributed by atoms with Crippen LogP contribution >= 0.6 is 24.8 Å². The molecular weight excluding hydrogens is 551 g/mol. The van der Waals surface area contributed by atoms with E-state index in [1.165, 1.54) is 218 Å². The zero-order chi connectivity index (χ0) is 30.4. The summed E-state index contributed by atoms with van der Waals surface area (Å²) in [4.78, 5) is 0. The minimum Gasteiger partial charge on any atom is -0.396 e. The summed E-state index contributed by atoms with van der Waals surface area (Å²) in [6.07, 6.45) is 49.7. The molecule has 0 unspecified atom stereocenters. The van der Waals surface area contributed by atoms with E-state index in [1.807, 2.05) is 0 Å². The number of aliphatic hydroxyl groups excluding tert-OH is 1. The van der Waals surface area contributed by atoms with Crippen LogP contribution in [0.25, 0.3) is 0 Å². The van der Waals surface area contributed by atoms with E-state index in [-0.39, 0.29) is 0 Å². The normalized spacial score (nSPS) is 11.4. The highest BCUT2D eigenvalue weighted by Crippen LogP contribution is 2.17. The van der Waals surface area contributed by atoms with Crippen LogP contribution in [-0.2, 0) is 0 Å². The lowest BCUT2D eigenvalue weighted by Gasteiger charge is -2.05. The van der Waals surface area contributed by atoms with E-state index >= 15 is 0 Å². The van der Waals surface area contributed by atoms with Crippen molar-refractivity contribution in [2.24, 2.45) is 0 Å². The van der Waals surface area contributed by atoms with Gasteiger partial charge in [0, 0.05) is 13.2 Å². The Hall–Kier alpha value is 0.200. The fourth-order valence-electron chi connectivity index (χ4n) is 6.27. The van der Waals surface area contributed by atoms with Gasteiger partial charge in [0.25, 0.3) is 0 Å². The van der Waals surface area contributed by atoms with E-state index in [9.17, 15) is 0 Å². The van der Waals surface area contributed by atoms with Crippen molar-refractivity contribution in [2.45, 2.75) is 225 Å². The highest BCUT2D eigenvalue weighted by Gasteiger charge is 1.98. The van der Waals surface area contributed by atoms with Crippen molar-refractivity contribution in [3.8, 4) is 0 Å². The van der Waals surface area contributed by atoms with Crippen LogP contribution in [0.1, 0.15) is 225 Å². The third kappa shape index (κ3) is 40.2. The van der Waals surface area contributed by atoms with E-state index in [0.717, 1.165) is 13.0 Å². The van der Waals surface area contributed by atoms with Crippen molar-refractivity contribution in [1.29, 1.82) is 0 Å². The minimum atomic E-state index is 0.372. The Morgan fingerprint density at radius 1 is 0.333 bits per heavy atom. The van der Waals surface area contributed by atoms with E-state index in [2.05, 4.69) is 17.9 Å². The van der Waals surface area contributed by atoms with E-state index in [1.54, 1.807) is 0 Å². The molecule has 0 saturated heterocycles. The Bertz CT molecular complexity index is 501. The first kappa shape index (κ1) is 42.2. The van der Waals surface area contributed by atoms with Gasteiger partial charge in [-0.3, -0.25) is 0 Å². The molecular formula is C38H77NOS2. The van der Waals surface area contributed by atoms with Gasteiger partial charge in [0.05, 0.1) is 0 Å². The number of aliphatic hydroxyl groups is 1. The molecule has 252 valence electrons. The number of hydrogen-bond donors (Lipinski definition) is 3. The van der Waals surface area contributed by atoms with Gasteiger partial charge >= 0.3 is 0 Å². The van der Waals surface area contributed by atoms with Crippen molar-refractivity contribution >= 4 is 29.2 Å². The molecule has 0 aliphatic carbocycles. The Labute approximate surface area is 276 Å². The molecule has 0 heterocycles. The average molecular weight is 628 g/mol. The van der Waals surface area contributed by atoms with Gasteiger partial charge in [-0.05, 0) is 12.8 Å². The summed E-state index contributed by atoms with van der Waals surface area (Å²) in [6, 6.07) is 0. The smallest absolute Gasteiger partial charge is 0.130 e. The number of thiocarbonyl (C=S) groups is 1. The molecule has 0 aromatic heterocycles. The van der Waals surface area contributed by atoms with Gasteiger partial charge < -0.3 is 10.4 Å². The van der Waals surface area contributed by atoms with Crippen LogP contribution in [0.4, 0.5) is 0 Å². The molecule has 0 atom stereocenters. The fourth-order valence-corrected chi connectivity index (χ4v) is 6.48. The maximum absolute atomic E-state index is 8.79. The second kappa shape index (κ2) is 39.2. The third-order valence-corrected chi connectivity index (χ3v) is 9.41. The quantitative estimate of drug-likeness (QED) is 0.0364. The van der Waals surface area contributed by atoms with Gasteiger partial charge in [0.15, 0.2) is 0 Å². The Morgan fingerprint density at radius 2 is 0.500 bits per heavy atom. The highest BCUT2D eigenvalue weighted by atomic mass is 32.1. The molecule has 2 N–H and O–H groups in total.